The Balaban J connectivity index is 1.54. The number of hydrogen-bond acceptors (Lipinski definition) is 6. The molecule has 1 aliphatic carbocycles. The third kappa shape index (κ3) is 3.55. The van der Waals surface area contributed by atoms with Crippen molar-refractivity contribution in [2.24, 2.45) is 0 Å². The largest absolute Gasteiger partial charge is 0.298 e. The SMILES string of the molecule is Cc1nnsc1-c1nnc(SCc2ccc(C(C)(C)C)cc2)n1C1CC1. The Morgan fingerprint density at radius 1 is 1.12 bits per heavy atom. The third-order valence-electron chi connectivity index (χ3n) is 4.62. The predicted octanol–water partition coefficient (Wildman–Crippen LogP) is 5.03. The lowest BCUT2D eigenvalue weighted by molar-refractivity contribution is 0.590. The van der Waals surface area contributed by atoms with Gasteiger partial charge < -0.3 is 0 Å². The first-order valence-electron chi connectivity index (χ1n) is 8.90. The number of nitrogens with zero attached hydrogens (tertiary/aromatic N) is 5. The molecule has 3 aromatic rings. The average Bonchev–Trinajstić information content (AvgIpc) is 3.22. The van der Waals surface area contributed by atoms with Crippen molar-refractivity contribution >= 4 is 23.3 Å². The molecule has 1 fully saturated rings. The van der Waals surface area contributed by atoms with Crippen LogP contribution in [0.2, 0.25) is 0 Å². The second-order valence-corrected chi connectivity index (χ2v) is 9.53. The fourth-order valence-electron chi connectivity index (χ4n) is 2.88. The van der Waals surface area contributed by atoms with Crippen molar-refractivity contribution in [1.29, 1.82) is 0 Å². The van der Waals surface area contributed by atoms with E-state index in [4.69, 9.17) is 0 Å². The highest BCUT2D eigenvalue weighted by Crippen LogP contribution is 2.42. The molecule has 7 heteroatoms. The van der Waals surface area contributed by atoms with Crippen LogP contribution in [-0.2, 0) is 11.2 Å². The first-order chi connectivity index (χ1) is 12.4. The van der Waals surface area contributed by atoms with Crippen molar-refractivity contribution in [2.75, 3.05) is 0 Å². The standard InChI is InChI=1S/C19H23N5S2/c1-12-16(26-23-20-12)17-21-22-18(24(17)15-9-10-15)25-11-13-5-7-14(8-6-13)19(2,3)4/h5-8,15H,9-11H2,1-4H3. The monoisotopic (exact) mass is 385 g/mol. The van der Waals surface area contributed by atoms with E-state index in [1.807, 2.05) is 6.92 Å². The van der Waals surface area contributed by atoms with Gasteiger partial charge in [-0.05, 0) is 47.8 Å². The fourth-order valence-corrected chi connectivity index (χ4v) is 4.48. The smallest absolute Gasteiger partial charge is 0.192 e. The Labute approximate surface area is 162 Å². The van der Waals surface area contributed by atoms with Crippen molar-refractivity contribution in [3.63, 3.8) is 0 Å². The van der Waals surface area contributed by atoms with E-state index in [1.54, 1.807) is 11.8 Å². The summed E-state index contributed by atoms with van der Waals surface area (Å²) in [5.74, 6) is 1.82. The molecule has 1 saturated carbocycles. The van der Waals surface area contributed by atoms with Crippen LogP contribution in [0.4, 0.5) is 0 Å². The van der Waals surface area contributed by atoms with Gasteiger partial charge in [-0.3, -0.25) is 4.57 Å². The minimum Gasteiger partial charge on any atom is -0.298 e. The highest BCUT2D eigenvalue weighted by molar-refractivity contribution is 7.98. The van der Waals surface area contributed by atoms with Crippen LogP contribution in [-0.4, -0.2) is 24.4 Å². The van der Waals surface area contributed by atoms with Gasteiger partial charge in [-0.15, -0.1) is 15.3 Å². The molecule has 5 nitrogen and oxygen atoms in total. The first kappa shape index (κ1) is 17.7. The molecule has 0 saturated heterocycles. The summed E-state index contributed by atoms with van der Waals surface area (Å²) in [6.45, 7) is 8.71. The average molecular weight is 386 g/mol. The molecule has 0 aliphatic heterocycles. The highest BCUT2D eigenvalue weighted by Gasteiger charge is 2.31. The highest BCUT2D eigenvalue weighted by atomic mass is 32.2. The number of aryl methyl sites for hydroxylation is 1. The van der Waals surface area contributed by atoms with E-state index in [2.05, 4.69) is 69.4 Å². The molecule has 2 aromatic heterocycles. The van der Waals surface area contributed by atoms with Gasteiger partial charge in [0.25, 0.3) is 0 Å². The molecule has 136 valence electrons. The maximum Gasteiger partial charge on any atom is 0.192 e. The van der Waals surface area contributed by atoms with Crippen molar-refractivity contribution in [2.45, 2.75) is 62.9 Å². The molecule has 0 N–H and O–H groups in total. The molecule has 0 amide bonds. The van der Waals surface area contributed by atoms with Crippen LogP contribution in [0.15, 0.2) is 29.4 Å². The minimum absolute atomic E-state index is 0.188. The van der Waals surface area contributed by atoms with E-state index in [9.17, 15) is 0 Å². The Bertz CT molecular complexity index is 901. The van der Waals surface area contributed by atoms with Gasteiger partial charge in [0.15, 0.2) is 11.0 Å². The number of benzene rings is 1. The van der Waals surface area contributed by atoms with Crippen LogP contribution >= 0.6 is 23.3 Å². The predicted molar refractivity (Wildman–Crippen MR) is 107 cm³/mol. The summed E-state index contributed by atoms with van der Waals surface area (Å²) in [5, 5.41) is 14.1. The van der Waals surface area contributed by atoms with Crippen molar-refractivity contribution in [3.05, 3.63) is 41.1 Å². The molecule has 0 bridgehead atoms. The van der Waals surface area contributed by atoms with Gasteiger partial charge in [0.2, 0.25) is 0 Å². The Morgan fingerprint density at radius 3 is 2.42 bits per heavy atom. The molecule has 26 heavy (non-hydrogen) atoms. The van der Waals surface area contributed by atoms with E-state index >= 15 is 0 Å². The summed E-state index contributed by atoms with van der Waals surface area (Å²) in [7, 11) is 0. The molecule has 2 heterocycles. The third-order valence-corrected chi connectivity index (χ3v) is 6.46. The van der Waals surface area contributed by atoms with E-state index < -0.39 is 0 Å². The van der Waals surface area contributed by atoms with Gasteiger partial charge in [0.1, 0.15) is 4.88 Å². The minimum atomic E-state index is 0.188. The summed E-state index contributed by atoms with van der Waals surface area (Å²) >= 11 is 3.16. The van der Waals surface area contributed by atoms with E-state index in [1.165, 1.54) is 35.5 Å². The number of hydrogen-bond donors (Lipinski definition) is 0. The molecular weight excluding hydrogens is 362 g/mol. The Kier molecular flexibility index (Phi) is 4.61. The zero-order valence-electron chi connectivity index (χ0n) is 15.6. The lowest BCUT2D eigenvalue weighted by Gasteiger charge is -2.19. The number of aromatic nitrogens is 5. The summed E-state index contributed by atoms with van der Waals surface area (Å²) in [6, 6.07) is 9.44. The van der Waals surface area contributed by atoms with Crippen LogP contribution in [0.1, 0.15) is 56.5 Å². The van der Waals surface area contributed by atoms with Gasteiger partial charge in [0.05, 0.1) is 5.69 Å². The van der Waals surface area contributed by atoms with Crippen LogP contribution < -0.4 is 0 Å². The van der Waals surface area contributed by atoms with Crippen LogP contribution in [0, 0.1) is 6.92 Å². The van der Waals surface area contributed by atoms with Crippen molar-refractivity contribution in [3.8, 4) is 10.7 Å². The zero-order valence-corrected chi connectivity index (χ0v) is 17.2. The van der Waals surface area contributed by atoms with Crippen LogP contribution in [0.3, 0.4) is 0 Å². The molecular formula is C19H23N5S2. The molecule has 0 atom stereocenters. The maximum atomic E-state index is 4.47. The maximum absolute atomic E-state index is 4.47. The van der Waals surface area contributed by atoms with Gasteiger partial charge in [-0.2, -0.15) is 0 Å². The van der Waals surface area contributed by atoms with Crippen LogP contribution in [0.25, 0.3) is 10.7 Å². The van der Waals surface area contributed by atoms with Gasteiger partial charge >= 0.3 is 0 Å². The first-order valence-corrected chi connectivity index (χ1v) is 10.7. The summed E-state index contributed by atoms with van der Waals surface area (Å²) in [6.07, 6.45) is 2.40. The molecule has 0 spiro atoms. The second kappa shape index (κ2) is 6.78. The molecule has 1 aliphatic rings. The zero-order chi connectivity index (χ0) is 18.3. The number of thioether (sulfide) groups is 1. The summed E-state index contributed by atoms with van der Waals surface area (Å²) in [5.41, 5.74) is 3.79. The molecule has 4 rings (SSSR count). The lowest BCUT2D eigenvalue weighted by atomic mass is 9.87. The van der Waals surface area contributed by atoms with Crippen LogP contribution in [0.5, 0.6) is 0 Å². The molecule has 0 unspecified atom stereocenters. The fraction of sp³-hybridized carbons (Fsp3) is 0.474. The van der Waals surface area contributed by atoms with E-state index in [0.29, 0.717) is 6.04 Å². The van der Waals surface area contributed by atoms with E-state index in [0.717, 1.165) is 27.3 Å². The Morgan fingerprint density at radius 2 is 1.85 bits per heavy atom. The lowest BCUT2D eigenvalue weighted by Crippen LogP contribution is -2.10. The quantitative estimate of drug-likeness (QED) is 0.577. The van der Waals surface area contributed by atoms with Gasteiger partial charge in [-0.25, -0.2) is 0 Å². The summed E-state index contributed by atoms with van der Waals surface area (Å²) in [4.78, 5) is 1.03. The second-order valence-electron chi connectivity index (χ2n) is 7.83. The topological polar surface area (TPSA) is 56.5 Å². The van der Waals surface area contributed by atoms with Gasteiger partial charge in [-0.1, -0.05) is 61.3 Å². The molecule has 1 aromatic carbocycles. The molecule has 0 radical (unpaired) electrons. The normalized spacial score (nSPS) is 14.8. The van der Waals surface area contributed by atoms with Crippen molar-refractivity contribution < 1.29 is 0 Å². The Hall–Kier alpha value is -1.73. The summed E-state index contributed by atoms with van der Waals surface area (Å²) < 4.78 is 6.34. The van der Waals surface area contributed by atoms with E-state index in [-0.39, 0.29) is 5.41 Å². The number of rotatable bonds is 5. The van der Waals surface area contributed by atoms with Gasteiger partial charge in [0, 0.05) is 11.8 Å². The van der Waals surface area contributed by atoms with Crippen molar-refractivity contribution in [1.82, 2.24) is 24.4 Å².